The highest BCUT2D eigenvalue weighted by Gasteiger charge is 2.37. The molecule has 0 saturated heterocycles. The number of hydrogen-bond acceptors (Lipinski definition) is 7. The van der Waals surface area contributed by atoms with E-state index in [1.54, 1.807) is 5.48 Å². The number of carbonyl (C=O) groups is 1. The molecule has 1 aromatic carbocycles. The van der Waals surface area contributed by atoms with Gasteiger partial charge in [-0.05, 0) is 12.0 Å². The van der Waals surface area contributed by atoms with Crippen LogP contribution in [0.1, 0.15) is 39.8 Å². The summed E-state index contributed by atoms with van der Waals surface area (Å²) in [5.74, 6) is 1.50. The van der Waals surface area contributed by atoms with Crippen molar-refractivity contribution in [2.24, 2.45) is 0 Å². The van der Waals surface area contributed by atoms with E-state index in [0.717, 1.165) is 31.2 Å². The minimum absolute atomic E-state index is 0.210. The van der Waals surface area contributed by atoms with Gasteiger partial charge in [-0.2, -0.15) is 0 Å². The van der Waals surface area contributed by atoms with Crippen molar-refractivity contribution in [3.63, 3.8) is 0 Å². The van der Waals surface area contributed by atoms with Gasteiger partial charge >= 0.3 is 0 Å². The summed E-state index contributed by atoms with van der Waals surface area (Å²) < 4.78 is 2.18. The third-order valence-corrected chi connectivity index (χ3v) is 5.70. The molecule has 9 nitrogen and oxygen atoms in total. The van der Waals surface area contributed by atoms with E-state index < -0.39 is 5.91 Å². The minimum Gasteiger partial charge on any atom is -0.332 e. The first-order valence-corrected chi connectivity index (χ1v) is 10.1. The highest BCUT2D eigenvalue weighted by Crippen LogP contribution is 2.40. The standard InChI is InChI=1S/C21H23N7O2/c29-20(26-30)15-9-23-21(24-10-15)28-7-6-27-12-16(25-19(27)13-28)11-22-18-8-17(18)14-4-2-1-3-5-14/h1-5,9-10,12,17-18,22,30H,6-8,11,13H2,(H,26,29). The lowest BCUT2D eigenvalue weighted by molar-refractivity contribution is 0.0705. The van der Waals surface area contributed by atoms with Crippen LogP contribution in [0.2, 0.25) is 0 Å². The summed E-state index contributed by atoms with van der Waals surface area (Å²) in [7, 11) is 0. The molecule has 30 heavy (non-hydrogen) atoms. The van der Waals surface area contributed by atoms with E-state index in [4.69, 9.17) is 10.2 Å². The molecule has 2 unspecified atom stereocenters. The topological polar surface area (TPSA) is 108 Å². The summed E-state index contributed by atoms with van der Waals surface area (Å²) in [6, 6.07) is 11.2. The van der Waals surface area contributed by atoms with Crippen molar-refractivity contribution in [3.8, 4) is 0 Å². The van der Waals surface area contributed by atoms with Crippen molar-refractivity contribution >= 4 is 11.9 Å². The highest BCUT2D eigenvalue weighted by atomic mass is 16.5. The molecule has 2 aromatic heterocycles. The summed E-state index contributed by atoms with van der Waals surface area (Å²) in [6.45, 7) is 2.94. The van der Waals surface area contributed by atoms with Crippen LogP contribution in [0.5, 0.6) is 0 Å². The van der Waals surface area contributed by atoms with E-state index in [2.05, 4.69) is 56.4 Å². The molecule has 1 aliphatic heterocycles. The average Bonchev–Trinajstić information content (AvgIpc) is 3.47. The molecule has 3 aromatic rings. The van der Waals surface area contributed by atoms with Gasteiger partial charge in [-0.25, -0.2) is 20.4 Å². The van der Waals surface area contributed by atoms with Gasteiger partial charge in [0.2, 0.25) is 5.95 Å². The number of rotatable bonds is 6. The van der Waals surface area contributed by atoms with Crippen LogP contribution < -0.4 is 15.7 Å². The van der Waals surface area contributed by atoms with E-state index in [0.29, 0.717) is 24.5 Å². The van der Waals surface area contributed by atoms with Gasteiger partial charge in [0.1, 0.15) is 5.82 Å². The third-order valence-electron chi connectivity index (χ3n) is 5.70. The number of benzene rings is 1. The van der Waals surface area contributed by atoms with Crippen LogP contribution in [-0.4, -0.2) is 43.2 Å². The van der Waals surface area contributed by atoms with Crippen molar-refractivity contribution in [2.45, 2.75) is 38.0 Å². The first kappa shape index (κ1) is 18.7. The molecule has 1 aliphatic carbocycles. The fourth-order valence-corrected chi connectivity index (χ4v) is 3.96. The van der Waals surface area contributed by atoms with Gasteiger partial charge in [-0.15, -0.1) is 0 Å². The molecular weight excluding hydrogens is 382 g/mol. The van der Waals surface area contributed by atoms with E-state index in [1.165, 1.54) is 24.4 Å². The minimum atomic E-state index is -0.627. The maximum absolute atomic E-state index is 11.4. The van der Waals surface area contributed by atoms with E-state index in [1.807, 2.05) is 4.90 Å². The lowest BCUT2D eigenvalue weighted by Crippen LogP contribution is -2.34. The maximum atomic E-state index is 11.4. The Labute approximate surface area is 173 Å². The zero-order chi connectivity index (χ0) is 20.5. The summed E-state index contributed by atoms with van der Waals surface area (Å²) >= 11 is 0. The average molecular weight is 405 g/mol. The van der Waals surface area contributed by atoms with Gasteiger partial charge in [0.15, 0.2) is 0 Å². The van der Waals surface area contributed by atoms with Crippen molar-refractivity contribution in [1.82, 2.24) is 30.3 Å². The Bertz CT molecular complexity index is 1040. The Morgan fingerprint density at radius 3 is 2.73 bits per heavy atom. The van der Waals surface area contributed by atoms with Gasteiger partial charge < -0.3 is 14.8 Å². The van der Waals surface area contributed by atoms with Crippen LogP contribution in [-0.2, 0) is 19.6 Å². The summed E-state index contributed by atoms with van der Waals surface area (Å²) in [5.41, 5.74) is 4.23. The Morgan fingerprint density at radius 2 is 1.97 bits per heavy atom. The van der Waals surface area contributed by atoms with Gasteiger partial charge in [0.25, 0.3) is 5.91 Å². The van der Waals surface area contributed by atoms with Crippen molar-refractivity contribution < 1.29 is 10.0 Å². The molecule has 5 rings (SSSR count). The number of nitrogens with zero attached hydrogens (tertiary/aromatic N) is 5. The molecular formula is C21H23N7O2. The molecule has 0 bridgehead atoms. The Morgan fingerprint density at radius 1 is 1.17 bits per heavy atom. The number of aromatic nitrogens is 4. The normalized spacial score (nSPS) is 20.0. The second kappa shape index (κ2) is 7.85. The number of imidazole rings is 1. The summed E-state index contributed by atoms with van der Waals surface area (Å²) in [6.07, 6.45) is 6.11. The zero-order valence-electron chi connectivity index (χ0n) is 16.4. The second-order valence-corrected chi connectivity index (χ2v) is 7.72. The molecule has 0 spiro atoms. The number of anilines is 1. The molecule has 0 radical (unpaired) electrons. The predicted octanol–water partition coefficient (Wildman–Crippen LogP) is 1.46. The SMILES string of the molecule is O=C(NO)c1cnc(N2CCn3cc(CNC4CC4c4ccccc4)nc3C2)nc1. The first-order chi connectivity index (χ1) is 14.7. The van der Waals surface area contributed by atoms with E-state index in [9.17, 15) is 4.79 Å². The Kier molecular flexibility index (Phi) is 4.89. The molecule has 1 fully saturated rings. The molecule has 2 aliphatic rings. The van der Waals surface area contributed by atoms with Crippen LogP contribution in [0.3, 0.4) is 0 Å². The van der Waals surface area contributed by atoms with Crippen molar-refractivity contribution in [1.29, 1.82) is 0 Å². The highest BCUT2D eigenvalue weighted by molar-refractivity contribution is 5.92. The van der Waals surface area contributed by atoms with Crippen LogP contribution in [0.25, 0.3) is 0 Å². The largest absolute Gasteiger partial charge is 0.332 e. The first-order valence-electron chi connectivity index (χ1n) is 10.1. The fraction of sp³-hybridized carbons (Fsp3) is 0.333. The molecule has 3 N–H and O–H groups in total. The monoisotopic (exact) mass is 405 g/mol. The second-order valence-electron chi connectivity index (χ2n) is 7.72. The van der Waals surface area contributed by atoms with Crippen LogP contribution >= 0.6 is 0 Å². The van der Waals surface area contributed by atoms with Gasteiger partial charge in [-0.3, -0.25) is 10.0 Å². The number of hydrogen-bond donors (Lipinski definition) is 3. The third kappa shape index (κ3) is 3.77. The summed E-state index contributed by atoms with van der Waals surface area (Å²) in [5, 5.41) is 12.3. The summed E-state index contributed by atoms with van der Waals surface area (Å²) in [4.78, 5) is 26.7. The van der Waals surface area contributed by atoms with Gasteiger partial charge in [0, 0.05) is 50.2 Å². The zero-order valence-corrected chi connectivity index (χ0v) is 16.4. The molecule has 3 heterocycles. The molecule has 2 atom stereocenters. The number of carbonyl (C=O) groups excluding carboxylic acids is 1. The molecule has 9 heteroatoms. The maximum Gasteiger partial charge on any atom is 0.277 e. The van der Waals surface area contributed by atoms with E-state index >= 15 is 0 Å². The van der Waals surface area contributed by atoms with Crippen LogP contribution in [0.15, 0.2) is 48.9 Å². The molecule has 154 valence electrons. The van der Waals surface area contributed by atoms with E-state index in [-0.39, 0.29) is 5.56 Å². The number of fused-ring (bicyclic) bond motifs is 1. The molecule has 1 amide bonds. The van der Waals surface area contributed by atoms with Gasteiger partial charge in [-0.1, -0.05) is 30.3 Å². The van der Waals surface area contributed by atoms with Crippen LogP contribution in [0, 0.1) is 0 Å². The quantitative estimate of drug-likeness (QED) is 0.421. The van der Waals surface area contributed by atoms with Crippen molar-refractivity contribution in [2.75, 3.05) is 11.4 Å². The predicted molar refractivity (Wildman–Crippen MR) is 109 cm³/mol. The fourth-order valence-electron chi connectivity index (χ4n) is 3.96. The Balaban J connectivity index is 1.19. The number of hydroxylamine groups is 1. The smallest absolute Gasteiger partial charge is 0.277 e. The Hall–Kier alpha value is -3.30. The lowest BCUT2D eigenvalue weighted by atomic mass is 10.1. The van der Waals surface area contributed by atoms with Crippen molar-refractivity contribution in [3.05, 3.63) is 71.6 Å². The van der Waals surface area contributed by atoms with Crippen LogP contribution in [0.4, 0.5) is 5.95 Å². The molecule has 1 saturated carbocycles. The lowest BCUT2D eigenvalue weighted by Gasteiger charge is -2.27. The number of amides is 1. The van der Waals surface area contributed by atoms with Gasteiger partial charge in [0.05, 0.1) is 17.8 Å². The number of nitrogens with one attached hydrogen (secondary N) is 2.